The van der Waals surface area contributed by atoms with Gasteiger partial charge in [-0.2, -0.15) is 0 Å². The molecule has 0 bridgehead atoms. The average Bonchev–Trinajstić information content (AvgIpc) is 2.64. The molecule has 2 aliphatic rings. The van der Waals surface area contributed by atoms with E-state index < -0.39 is 13.0 Å². The summed E-state index contributed by atoms with van der Waals surface area (Å²) in [7, 11) is 0. The Kier molecular flexibility index (Phi) is 5.03. The molecule has 2 aliphatic heterocycles. The van der Waals surface area contributed by atoms with Crippen molar-refractivity contribution in [1.82, 2.24) is 4.90 Å². The molecule has 0 spiro atoms. The Labute approximate surface area is 134 Å². The Morgan fingerprint density at radius 1 is 1.57 bits per heavy atom. The number of hydrogen-bond donors (Lipinski definition) is 2. The van der Waals surface area contributed by atoms with Gasteiger partial charge in [0.2, 0.25) is 0 Å². The van der Waals surface area contributed by atoms with Gasteiger partial charge in [-0.05, 0) is 32.0 Å². The maximum atomic E-state index is 10.4. The van der Waals surface area contributed by atoms with Crippen molar-refractivity contribution in [3.05, 3.63) is 24.7 Å². The molecule has 0 amide bonds. The molecule has 21 heavy (non-hydrogen) atoms. The topological polar surface area (TPSA) is 71.1 Å². The molecule has 0 aromatic carbocycles. The standard InChI is InChI=1S/C14H23BrN3O2P/c1-9-17-11(16)5-7-18(9)14-12(15)13(19)10(20-14)6-8-21(2,3)4/h5,7,10,12-14,19H,1-2,6,8H2,3-4H3,(H2,16,17)/t10-,12-,13-,14-/m1/s1. The van der Waals surface area contributed by atoms with Crippen LogP contribution in [0.15, 0.2) is 29.7 Å². The van der Waals surface area contributed by atoms with E-state index in [2.05, 4.69) is 47.1 Å². The zero-order valence-corrected chi connectivity index (χ0v) is 14.9. The summed E-state index contributed by atoms with van der Waals surface area (Å²) in [6.07, 6.45) is 8.37. The van der Waals surface area contributed by atoms with Crippen LogP contribution in [-0.2, 0) is 4.74 Å². The van der Waals surface area contributed by atoms with Crippen molar-refractivity contribution >= 4 is 35.0 Å². The summed E-state index contributed by atoms with van der Waals surface area (Å²) in [5, 5.41) is 10.4. The predicted molar refractivity (Wildman–Crippen MR) is 94.5 cm³/mol. The summed E-state index contributed by atoms with van der Waals surface area (Å²) in [4.78, 5) is 5.72. The number of halogens is 1. The first kappa shape index (κ1) is 16.8. The molecule has 1 saturated heterocycles. The van der Waals surface area contributed by atoms with E-state index in [1.54, 1.807) is 17.2 Å². The average molecular weight is 376 g/mol. The van der Waals surface area contributed by atoms with Gasteiger partial charge in [0.1, 0.15) is 11.7 Å². The number of nitrogens with two attached hydrogens (primary N) is 1. The van der Waals surface area contributed by atoms with Crippen LogP contribution < -0.4 is 5.73 Å². The number of amidine groups is 1. The molecule has 4 atom stereocenters. The molecule has 7 heteroatoms. The quantitative estimate of drug-likeness (QED) is 0.578. The summed E-state index contributed by atoms with van der Waals surface area (Å²) in [6.45, 7) is 7.12. The van der Waals surface area contributed by atoms with Crippen LogP contribution in [0.3, 0.4) is 0 Å². The molecule has 2 heterocycles. The van der Waals surface area contributed by atoms with Gasteiger partial charge in [0.05, 0.1) is 17.0 Å². The fraction of sp³-hybridized carbons (Fsp3) is 0.571. The lowest BCUT2D eigenvalue weighted by molar-refractivity contribution is -0.0345. The minimum absolute atomic E-state index is 0.204. The molecule has 2 rings (SSSR count). The third-order valence-electron chi connectivity index (χ3n) is 3.55. The fourth-order valence-electron chi connectivity index (χ4n) is 2.36. The summed E-state index contributed by atoms with van der Waals surface area (Å²) in [5.41, 5.74) is 5.64. The van der Waals surface area contributed by atoms with E-state index in [-0.39, 0.29) is 17.2 Å². The summed E-state index contributed by atoms with van der Waals surface area (Å²) >= 11 is 3.53. The molecule has 1 fully saturated rings. The number of aliphatic imine (C=N–C) groups is 1. The molecule has 0 unspecified atom stereocenters. The van der Waals surface area contributed by atoms with Gasteiger partial charge in [-0.15, -0.1) is 13.2 Å². The van der Waals surface area contributed by atoms with Crippen LogP contribution in [0.1, 0.15) is 6.42 Å². The first-order chi connectivity index (χ1) is 9.69. The van der Waals surface area contributed by atoms with Crippen LogP contribution in [0.25, 0.3) is 0 Å². The fourth-order valence-corrected chi connectivity index (χ4v) is 4.03. The Bertz CT molecular complexity index is 528. The minimum atomic E-state index is -1.13. The number of rotatable bonds is 4. The highest BCUT2D eigenvalue weighted by molar-refractivity contribution is 9.09. The van der Waals surface area contributed by atoms with Gasteiger partial charge >= 0.3 is 0 Å². The molecule has 0 radical (unpaired) electrons. The monoisotopic (exact) mass is 375 g/mol. The van der Waals surface area contributed by atoms with Crippen LogP contribution in [0, 0.1) is 0 Å². The largest absolute Gasteiger partial charge is 0.389 e. The van der Waals surface area contributed by atoms with Crippen molar-refractivity contribution < 1.29 is 9.84 Å². The summed E-state index contributed by atoms with van der Waals surface area (Å²) in [6, 6.07) is 0. The molecule has 0 aliphatic carbocycles. The Hall–Kier alpha value is -0.550. The highest BCUT2D eigenvalue weighted by atomic mass is 79.9. The van der Waals surface area contributed by atoms with E-state index in [9.17, 15) is 5.11 Å². The molecule has 0 aromatic heterocycles. The molecule has 3 N–H and O–H groups in total. The van der Waals surface area contributed by atoms with Gasteiger partial charge in [0.25, 0.3) is 0 Å². The molecule has 118 valence electrons. The maximum absolute atomic E-state index is 10.4. The van der Waals surface area contributed by atoms with E-state index in [0.29, 0.717) is 11.7 Å². The number of hydrogen-bond acceptors (Lipinski definition) is 5. The summed E-state index contributed by atoms with van der Waals surface area (Å²) < 4.78 is 6.02. The number of nitrogens with zero attached hydrogens (tertiary/aromatic N) is 2. The van der Waals surface area contributed by atoms with E-state index in [1.165, 1.54) is 0 Å². The van der Waals surface area contributed by atoms with Gasteiger partial charge in [-0.25, -0.2) is 4.99 Å². The van der Waals surface area contributed by atoms with E-state index >= 15 is 0 Å². The highest BCUT2D eigenvalue weighted by Gasteiger charge is 2.45. The van der Waals surface area contributed by atoms with Crippen LogP contribution in [0.2, 0.25) is 0 Å². The lowest BCUT2D eigenvalue weighted by atomic mass is 10.1. The van der Waals surface area contributed by atoms with Crippen LogP contribution in [-0.4, -0.2) is 64.9 Å². The van der Waals surface area contributed by atoms with Crippen molar-refractivity contribution in [3.63, 3.8) is 0 Å². The minimum Gasteiger partial charge on any atom is -0.389 e. The SMILES string of the molecule is C=C1N=C(N)C=CN1[C@@H]1O[C@H](CCP(=C)(C)C)[C@@H](O)[C@H]1Br. The zero-order chi connectivity index (χ0) is 15.8. The Balaban J connectivity index is 2.05. The predicted octanol–water partition coefficient (Wildman–Crippen LogP) is 1.59. The van der Waals surface area contributed by atoms with Crippen molar-refractivity contribution in [2.75, 3.05) is 19.5 Å². The van der Waals surface area contributed by atoms with Gasteiger partial charge in [0.15, 0.2) is 6.23 Å². The van der Waals surface area contributed by atoms with E-state index in [1.807, 2.05) is 0 Å². The first-order valence-electron chi connectivity index (χ1n) is 6.83. The molecular weight excluding hydrogens is 353 g/mol. The highest BCUT2D eigenvalue weighted by Crippen LogP contribution is 2.40. The van der Waals surface area contributed by atoms with Gasteiger partial charge in [-0.1, -0.05) is 22.5 Å². The number of aliphatic hydroxyl groups is 1. The van der Waals surface area contributed by atoms with Crippen molar-refractivity contribution in [2.45, 2.75) is 29.7 Å². The normalized spacial score (nSPS) is 33.4. The number of ether oxygens (including phenoxy) is 1. The zero-order valence-electron chi connectivity index (χ0n) is 12.4. The van der Waals surface area contributed by atoms with Crippen molar-refractivity contribution in [1.29, 1.82) is 0 Å². The lowest BCUT2D eigenvalue weighted by Crippen LogP contribution is -2.38. The van der Waals surface area contributed by atoms with Crippen molar-refractivity contribution in [2.24, 2.45) is 10.7 Å². The van der Waals surface area contributed by atoms with Crippen LogP contribution in [0.4, 0.5) is 0 Å². The molecule has 0 saturated carbocycles. The Morgan fingerprint density at radius 3 is 2.81 bits per heavy atom. The van der Waals surface area contributed by atoms with E-state index in [4.69, 9.17) is 10.5 Å². The smallest absolute Gasteiger partial charge is 0.150 e. The van der Waals surface area contributed by atoms with Crippen LogP contribution >= 0.6 is 22.8 Å². The third kappa shape index (κ3) is 4.01. The van der Waals surface area contributed by atoms with Crippen molar-refractivity contribution in [3.8, 4) is 0 Å². The van der Waals surface area contributed by atoms with Gasteiger partial charge in [-0.3, -0.25) is 0 Å². The third-order valence-corrected chi connectivity index (χ3v) is 6.01. The Morgan fingerprint density at radius 2 is 2.24 bits per heavy atom. The molecular formula is C14H23BrN3O2P. The second kappa shape index (κ2) is 6.29. The lowest BCUT2D eigenvalue weighted by Gasteiger charge is -2.30. The van der Waals surface area contributed by atoms with Gasteiger partial charge < -0.3 is 20.5 Å². The number of alkyl halides is 1. The first-order valence-corrected chi connectivity index (χ1v) is 10.8. The maximum Gasteiger partial charge on any atom is 0.150 e. The van der Waals surface area contributed by atoms with Crippen LogP contribution in [0.5, 0.6) is 0 Å². The van der Waals surface area contributed by atoms with E-state index in [0.717, 1.165) is 12.6 Å². The molecule has 0 aromatic rings. The van der Waals surface area contributed by atoms with Gasteiger partial charge in [0, 0.05) is 6.20 Å². The molecule has 5 nitrogen and oxygen atoms in total. The summed E-state index contributed by atoms with van der Waals surface area (Å²) in [5.74, 6) is 0.934. The second-order valence-electron chi connectivity index (χ2n) is 6.12. The second-order valence-corrected chi connectivity index (χ2v) is 11.5. The number of aliphatic hydroxyl groups excluding tert-OH is 1.